The average molecular weight is 287 g/mol. The Morgan fingerprint density at radius 3 is 2.70 bits per heavy atom. The number of phenolic OH excluding ortho intramolecular Hbond substituents is 1. The summed E-state index contributed by atoms with van der Waals surface area (Å²) in [5.74, 6) is 1.92. The number of thioether (sulfide) groups is 1. The minimum absolute atomic E-state index is 0.0685. The number of rotatable bonds is 1. The molecule has 1 N–H and O–H groups in total. The maximum Gasteiger partial charge on any atom is 0.257 e. The van der Waals surface area contributed by atoms with Crippen molar-refractivity contribution in [1.29, 1.82) is 0 Å². The van der Waals surface area contributed by atoms with Gasteiger partial charge in [0.05, 0.1) is 5.56 Å². The van der Waals surface area contributed by atoms with Crippen LogP contribution < -0.4 is 0 Å². The van der Waals surface area contributed by atoms with Gasteiger partial charge in [0.2, 0.25) is 0 Å². The standard InChI is InChI=1S/C16H17NO2S/c1-11-10-20-7-6-17(11)16(19)14-8-12-4-2-3-5-13(12)9-15(14)18/h2-5,8-9,11,18H,6-7,10H2,1H3. The molecule has 20 heavy (non-hydrogen) atoms. The third kappa shape index (κ3) is 2.36. The summed E-state index contributed by atoms with van der Waals surface area (Å²) >= 11 is 1.87. The van der Waals surface area contributed by atoms with Crippen LogP contribution in [0.15, 0.2) is 36.4 Å². The minimum Gasteiger partial charge on any atom is -0.507 e. The van der Waals surface area contributed by atoms with E-state index in [0.717, 1.165) is 28.8 Å². The van der Waals surface area contributed by atoms with E-state index in [1.54, 1.807) is 12.1 Å². The largest absolute Gasteiger partial charge is 0.507 e. The highest BCUT2D eigenvalue weighted by Crippen LogP contribution is 2.28. The minimum atomic E-state index is -0.0685. The molecule has 1 aliphatic rings. The zero-order valence-electron chi connectivity index (χ0n) is 11.4. The van der Waals surface area contributed by atoms with E-state index >= 15 is 0 Å². The maximum atomic E-state index is 12.6. The molecule has 2 aromatic carbocycles. The molecule has 1 unspecified atom stereocenters. The fraction of sp³-hybridized carbons (Fsp3) is 0.312. The number of carbonyl (C=O) groups excluding carboxylic acids is 1. The first-order valence-corrected chi connectivity index (χ1v) is 7.93. The Morgan fingerprint density at radius 2 is 2.00 bits per heavy atom. The maximum absolute atomic E-state index is 12.6. The zero-order chi connectivity index (χ0) is 14.1. The van der Waals surface area contributed by atoms with Gasteiger partial charge in [-0.2, -0.15) is 11.8 Å². The predicted molar refractivity (Wildman–Crippen MR) is 83.4 cm³/mol. The molecule has 104 valence electrons. The first-order chi connectivity index (χ1) is 9.66. The molecule has 3 rings (SSSR count). The topological polar surface area (TPSA) is 40.5 Å². The van der Waals surface area contributed by atoms with Gasteiger partial charge in [0.15, 0.2) is 0 Å². The summed E-state index contributed by atoms with van der Waals surface area (Å²) in [5, 5.41) is 12.1. The van der Waals surface area contributed by atoms with Crippen molar-refractivity contribution in [3.05, 3.63) is 42.0 Å². The molecule has 0 bridgehead atoms. The van der Waals surface area contributed by atoms with Crippen LogP contribution >= 0.6 is 11.8 Å². The SMILES string of the molecule is CC1CSCCN1C(=O)c1cc2ccccc2cc1O. The molecule has 1 heterocycles. The second kappa shape index (κ2) is 5.37. The second-order valence-corrected chi connectivity index (χ2v) is 6.29. The molecule has 0 aliphatic carbocycles. The van der Waals surface area contributed by atoms with Crippen LogP contribution in [0.1, 0.15) is 17.3 Å². The highest BCUT2D eigenvalue weighted by atomic mass is 32.2. The van der Waals surface area contributed by atoms with Crippen LogP contribution in [0.5, 0.6) is 5.75 Å². The van der Waals surface area contributed by atoms with E-state index < -0.39 is 0 Å². The van der Waals surface area contributed by atoms with Gasteiger partial charge in [-0.05, 0) is 29.8 Å². The molecular weight excluding hydrogens is 270 g/mol. The molecule has 1 fully saturated rings. The molecule has 1 atom stereocenters. The Hall–Kier alpha value is -1.68. The van der Waals surface area contributed by atoms with Crippen molar-refractivity contribution in [1.82, 2.24) is 4.90 Å². The number of aromatic hydroxyl groups is 1. The first kappa shape index (κ1) is 13.3. The fourth-order valence-electron chi connectivity index (χ4n) is 2.58. The number of phenols is 1. The normalized spacial score (nSPS) is 19.2. The van der Waals surface area contributed by atoms with E-state index in [4.69, 9.17) is 0 Å². The monoisotopic (exact) mass is 287 g/mol. The number of hydrogen-bond donors (Lipinski definition) is 1. The third-order valence-corrected chi connectivity index (χ3v) is 4.91. The molecular formula is C16H17NO2S. The molecule has 1 saturated heterocycles. The van der Waals surface area contributed by atoms with Crippen molar-refractivity contribution >= 4 is 28.4 Å². The number of benzene rings is 2. The van der Waals surface area contributed by atoms with Gasteiger partial charge < -0.3 is 10.0 Å². The van der Waals surface area contributed by atoms with E-state index in [2.05, 4.69) is 6.92 Å². The Kier molecular flexibility index (Phi) is 3.57. The molecule has 0 spiro atoms. The molecule has 1 amide bonds. The van der Waals surface area contributed by atoms with Gasteiger partial charge in [0, 0.05) is 24.1 Å². The van der Waals surface area contributed by atoms with Crippen molar-refractivity contribution in [2.45, 2.75) is 13.0 Å². The summed E-state index contributed by atoms with van der Waals surface area (Å²) in [6.07, 6.45) is 0. The Bertz CT molecular complexity index is 656. The Morgan fingerprint density at radius 1 is 1.30 bits per heavy atom. The van der Waals surface area contributed by atoms with Crippen LogP contribution in [-0.2, 0) is 0 Å². The van der Waals surface area contributed by atoms with E-state index in [1.807, 2.05) is 40.9 Å². The quantitative estimate of drug-likeness (QED) is 0.876. The smallest absolute Gasteiger partial charge is 0.257 e. The first-order valence-electron chi connectivity index (χ1n) is 6.77. The summed E-state index contributed by atoms with van der Waals surface area (Å²) in [6, 6.07) is 11.4. The van der Waals surface area contributed by atoms with Crippen molar-refractivity contribution in [2.24, 2.45) is 0 Å². The highest BCUT2D eigenvalue weighted by molar-refractivity contribution is 7.99. The lowest BCUT2D eigenvalue weighted by Gasteiger charge is -2.33. The summed E-state index contributed by atoms with van der Waals surface area (Å²) in [6.45, 7) is 2.80. The van der Waals surface area contributed by atoms with Crippen LogP contribution in [0.25, 0.3) is 10.8 Å². The number of fused-ring (bicyclic) bond motifs is 1. The van der Waals surface area contributed by atoms with Crippen LogP contribution in [0.3, 0.4) is 0 Å². The van der Waals surface area contributed by atoms with Gasteiger partial charge in [-0.1, -0.05) is 24.3 Å². The average Bonchev–Trinajstić information content (AvgIpc) is 2.46. The van der Waals surface area contributed by atoms with E-state index in [9.17, 15) is 9.90 Å². The number of nitrogens with zero attached hydrogens (tertiary/aromatic N) is 1. The molecule has 2 aromatic rings. The van der Waals surface area contributed by atoms with E-state index in [1.165, 1.54) is 0 Å². The van der Waals surface area contributed by atoms with Gasteiger partial charge in [0.1, 0.15) is 5.75 Å². The zero-order valence-corrected chi connectivity index (χ0v) is 12.2. The summed E-state index contributed by atoms with van der Waals surface area (Å²) in [5.41, 5.74) is 0.405. The summed E-state index contributed by atoms with van der Waals surface area (Å²) < 4.78 is 0. The third-order valence-electron chi connectivity index (χ3n) is 3.72. The van der Waals surface area contributed by atoms with Crippen molar-refractivity contribution in [3.63, 3.8) is 0 Å². The van der Waals surface area contributed by atoms with Crippen LogP contribution in [-0.4, -0.2) is 40.0 Å². The summed E-state index contributed by atoms with van der Waals surface area (Å²) in [4.78, 5) is 14.5. The molecule has 0 aromatic heterocycles. The number of hydrogen-bond acceptors (Lipinski definition) is 3. The Balaban J connectivity index is 2.00. The van der Waals surface area contributed by atoms with Crippen molar-refractivity contribution in [2.75, 3.05) is 18.1 Å². The van der Waals surface area contributed by atoms with Gasteiger partial charge in [-0.25, -0.2) is 0 Å². The van der Waals surface area contributed by atoms with Gasteiger partial charge in [0.25, 0.3) is 5.91 Å². The van der Waals surface area contributed by atoms with E-state index in [0.29, 0.717) is 5.56 Å². The second-order valence-electron chi connectivity index (χ2n) is 5.14. The number of amides is 1. The molecule has 0 saturated carbocycles. The lowest BCUT2D eigenvalue weighted by atomic mass is 10.0. The lowest BCUT2D eigenvalue weighted by Crippen LogP contribution is -2.44. The van der Waals surface area contributed by atoms with Gasteiger partial charge in [-0.15, -0.1) is 0 Å². The molecule has 3 nitrogen and oxygen atoms in total. The van der Waals surface area contributed by atoms with Crippen LogP contribution in [0.2, 0.25) is 0 Å². The fourth-order valence-corrected chi connectivity index (χ4v) is 3.60. The molecule has 4 heteroatoms. The number of carbonyl (C=O) groups is 1. The Labute approximate surface area is 122 Å². The predicted octanol–water partition coefficient (Wildman–Crippen LogP) is 3.12. The van der Waals surface area contributed by atoms with Crippen LogP contribution in [0, 0.1) is 0 Å². The molecule has 0 radical (unpaired) electrons. The molecule has 1 aliphatic heterocycles. The van der Waals surface area contributed by atoms with E-state index in [-0.39, 0.29) is 17.7 Å². The van der Waals surface area contributed by atoms with Crippen LogP contribution in [0.4, 0.5) is 0 Å². The summed E-state index contributed by atoms with van der Waals surface area (Å²) in [7, 11) is 0. The van der Waals surface area contributed by atoms with Crippen molar-refractivity contribution in [3.8, 4) is 5.75 Å². The van der Waals surface area contributed by atoms with Gasteiger partial charge >= 0.3 is 0 Å². The lowest BCUT2D eigenvalue weighted by molar-refractivity contribution is 0.0713. The van der Waals surface area contributed by atoms with Crippen molar-refractivity contribution < 1.29 is 9.90 Å². The van der Waals surface area contributed by atoms with Gasteiger partial charge in [-0.3, -0.25) is 4.79 Å². The highest BCUT2D eigenvalue weighted by Gasteiger charge is 2.26.